The smallest absolute Gasteiger partial charge is 0.413 e. The van der Waals surface area contributed by atoms with Crippen molar-refractivity contribution >= 4 is 24.0 Å². The molecule has 1 amide bonds. The fourth-order valence-electron chi connectivity index (χ4n) is 2.69. The molecule has 5 atom stereocenters. The largest absolute Gasteiger partial charge is 0.457 e. The number of hydrogen-bond acceptors (Lipinski definition) is 9. The van der Waals surface area contributed by atoms with Crippen LogP contribution in [0.1, 0.15) is 20.8 Å². The summed E-state index contributed by atoms with van der Waals surface area (Å²) in [5.41, 5.74) is 0. The maximum atomic E-state index is 11.9. The van der Waals surface area contributed by atoms with E-state index in [1.54, 1.807) is 0 Å². The van der Waals surface area contributed by atoms with E-state index in [2.05, 4.69) is 0 Å². The Bertz CT molecular complexity index is 534. The van der Waals surface area contributed by atoms with Gasteiger partial charge in [-0.05, 0) is 0 Å². The lowest BCUT2D eigenvalue weighted by Crippen LogP contribution is -2.68. The van der Waals surface area contributed by atoms with E-state index in [9.17, 15) is 24.3 Å². The molecule has 23 heavy (non-hydrogen) atoms. The monoisotopic (exact) mass is 331 g/mol. The topological polar surface area (TPSA) is 129 Å². The number of rotatable bonds is 3. The van der Waals surface area contributed by atoms with Gasteiger partial charge in [0, 0.05) is 20.8 Å². The van der Waals surface area contributed by atoms with Gasteiger partial charge in [-0.3, -0.25) is 19.3 Å². The summed E-state index contributed by atoms with van der Waals surface area (Å²) in [5.74, 6) is -2.21. The lowest BCUT2D eigenvalue weighted by atomic mass is 9.93. The SMILES string of the molecule is CC(=O)OC1C(O)[C@H](OC(C)=O)C2COC(=O)N2[C@@H]1OC(C)=O. The average Bonchev–Trinajstić information content (AvgIpc) is 2.79. The van der Waals surface area contributed by atoms with Crippen molar-refractivity contribution in [3.8, 4) is 0 Å². The fourth-order valence-corrected chi connectivity index (χ4v) is 2.69. The molecule has 2 saturated heterocycles. The van der Waals surface area contributed by atoms with Gasteiger partial charge in [-0.2, -0.15) is 0 Å². The van der Waals surface area contributed by atoms with E-state index in [0.717, 1.165) is 25.7 Å². The molecule has 0 aromatic rings. The zero-order valence-corrected chi connectivity index (χ0v) is 12.8. The highest BCUT2D eigenvalue weighted by atomic mass is 16.6. The molecule has 2 heterocycles. The lowest BCUT2D eigenvalue weighted by Gasteiger charge is -2.45. The molecule has 10 nitrogen and oxygen atoms in total. The zero-order chi connectivity index (χ0) is 17.3. The van der Waals surface area contributed by atoms with Gasteiger partial charge in [0.05, 0.1) is 0 Å². The predicted octanol–water partition coefficient (Wildman–Crippen LogP) is -1.07. The van der Waals surface area contributed by atoms with Crippen LogP contribution in [0.15, 0.2) is 0 Å². The van der Waals surface area contributed by atoms with Crippen LogP contribution in [0, 0.1) is 0 Å². The molecule has 2 rings (SSSR count). The Labute approximate surface area is 131 Å². The quantitative estimate of drug-likeness (QED) is 0.508. The van der Waals surface area contributed by atoms with Gasteiger partial charge in [0.25, 0.3) is 0 Å². The van der Waals surface area contributed by atoms with Crippen LogP contribution in [0.2, 0.25) is 0 Å². The van der Waals surface area contributed by atoms with E-state index in [0.29, 0.717) is 0 Å². The standard InChI is InChI=1S/C13H17NO9/c1-5(15)21-10-8-4-20-13(19)14(8)12(23-7(3)17)11(9(10)18)22-6(2)16/h8-12,18H,4H2,1-3H3/t8?,9?,10-,11?,12-/m1/s1. The summed E-state index contributed by atoms with van der Waals surface area (Å²) < 4.78 is 19.9. The molecular weight excluding hydrogens is 314 g/mol. The zero-order valence-electron chi connectivity index (χ0n) is 12.8. The first kappa shape index (κ1) is 17.0. The summed E-state index contributed by atoms with van der Waals surface area (Å²) >= 11 is 0. The third-order valence-electron chi connectivity index (χ3n) is 3.44. The van der Waals surface area contributed by atoms with Crippen LogP contribution < -0.4 is 0 Å². The van der Waals surface area contributed by atoms with Crippen molar-refractivity contribution in [1.29, 1.82) is 0 Å². The predicted molar refractivity (Wildman–Crippen MR) is 69.6 cm³/mol. The third kappa shape index (κ3) is 3.36. The summed E-state index contributed by atoms with van der Waals surface area (Å²) in [4.78, 5) is 46.7. The Balaban J connectivity index is 2.39. The minimum atomic E-state index is -1.50. The van der Waals surface area contributed by atoms with Gasteiger partial charge in [0.2, 0.25) is 6.23 Å². The molecule has 0 radical (unpaired) electrons. The second-order valence-corrected chi connectivity index (χ2v) is 5.19. The first-order chi connectivity index (χ1) is 10.7. The average molecular weight is 331 g/mol. The van der Waals surface area contributed by atoms with Gasteiger partial charge >= 0.3 is 24.0 Å². The molecule has 3 unspecified atom stereocenters. The molecule has 10 heteroatoms. The lowest BCUT2D eigenvalue weighted by molar-refractivity contribution is -0.229. The van der Waals surface area contributed by atoms with Gasteiger partial charge in [-0.1, -0.05) is 0 Å². The highest BCUT2D eigenvalue weighted by Gasteiger charge is 2.58. The minimum Gasteiger partial charge on any atom is -0.457 e. The summed E-state index contributed by atoms with van der Waals surface area (Å²) in [6, 6.07) is -0.863. The molecule has 2 aliphatic heterocycles. The number of cyclic esters (lactones) is 1. The highest BCUT2D eigenvalue weighted by molar-refractivity contribution is 5.73. The molecule has 1 N–H and O–H groups in total. The molecule has 0 aliphatic carbocycles. The number of amides is 1. The normalized spacial score (nSPS) is 32.6. The number of aliphatic hydroxyl groups is 1. The van der Waals surface area contributed by atoms with Gasteiger partial charge in [0.1, 0.15) is 18.8 Å². The number of carbonyl (C=O) groups is 4. The molecule has 0 aromatic heterocycles. The van der Waals surface area contributed by atoms with Crippen LogP contribution in [0.4, 0.5) is 4.79 Å². The number of piperidine rings is 1. The van der Waals surface area contributed by atoms with Gasteiger partial charge in [-0.25, -0.2) is 4.79 Å². The van der Waals surface area contributed by atoms with Gasteiger partial charge in [0.15, 0.2) is 12.2 Å². The minimum absolute atomic E-state index is 0.168. The molecule has 0 bridgehead atoms. The van der Waals surface area contributed by atoms with Crippen molar-refractivity contribution in [3.63, 3.8) is 0 Å². The molecule has 0 spiro atoms. The summed E-state index contributed by atoms with van der Waals surface area (Å²) in [6.45, 7) is 3.16. The van der Waals surface area contributed by atoms with E-state index in [1.807, 2.05) is 0 Å². The molecule has 0 saturated carbocycles. The van der Waals surface area contributed by atoms with Crippen LogP contribution in [0.5, 0.6) is 0 Å². The Morgan fingerprint density at radius 2 is 1.57 bits per heavy atom. The number of esters is 3. The van der Waals surface area contributed by atoms with Crippen LogP contribution in [-0.2, 0) is 33.3 Å². The van der Waals surface area contributed by atoms with Crippen molar-refractivity contribution < 1.29 is 43.2 Å². The Kier molecular flexibility index (Phi) is 4.73. The summed E-state index contributed by atoms with van der Waals surface area (Å²) in [6.07, 6.45) is -6.30. The molecular formula is C13H17NO9. The second kappa shape index (κ2) is 6.41. The van der Waals surface area contributed by atoms with Crippen molar-refractivity contribution in [2.75, 3.05) is 6.61 Å². The number of aliphatic hydroxyl groups excluding tert-OH is 1. The summed E-state index contributed by atoms with van der Waals surface area (Å²) in [7, 11) is 0. The van der Waals surface area contributed by atoms with Crippen molar-refractivity contribution in [2.45, 2.75) is 51.4 Å². The van der Waals surface area contributed by atoms with Crippen LogP contribution in [-0.4, -0.2) is 71.2 Å². The molecule has 2 fully saturated rings. The van der Waals surface area contributed by atoms with E-state index >= 15 is 0 Å². The number of fused-ring (bicyclic) bond motifs is 1. The first-order valence-electron chi connectivity index (χ1n) is 6.87. The molecule has 0 aromatic carbocycles. The third-order valence-corrected chi connectivity index (χ3v) is 3.44. The van der Waals surface area contributed by atoms with Gasteiger partial charge in [-0.15, -0.1) is 0 Å². The van der Waals surface area contributed by atoms with E-state index in [-0.39, 0.29) is 6.61 Å². The molecule has 2 aliphatic rings. The Morgan fingerprint density at radius 3 is 2.09 bits per heavy atom. The number of carbonyl (C=O) groups excluding carboxylic acids is 4. The maximum absolute atomic E-state index is 11.9. The number of ether oxygens (including phenoxy) is 4. The second-order valence-electron chi connectivity index (χ2n) is 5.19. The van der Waals surface area contributed by atoms with Crippen LogP contribution in [0.3, 0.4) is 0 Å². The van der Waals surface area contributed by atoms with Gasteiger partial charge < -0.3 is 24.1 Å². The van der Waals surface area contributed by atoms with Crippen LogP contribution in [0.25, 0.3) is 0 Å². The fraction of sp³-hybridized carbons (Fsp3) is 0.692. The number of nitrogens with zero attached hydrogens (tertiary/aromatic N) is 1. The maximum Gasteiger partial charge on any atom is 0.413 e. The number of hydrogen-bond donors (Lipinski definition) is 1. The Hall–Kier alpha value is -2.36. The Morgan fingerprint density at radius 1 is 1.04 bits per heavy atom. The molecule has 128 valence electrons. The van der Waals surface area contributed by atoms with E-state index < -0.39 is 54.6 Å². The first-order valence-corrected chi connectivity index (χ1v) is 6.87. The van der Waals surface area contributed by atoms with Crippen LogP contribution >= 0.6 is 0 Å². The van der Waals surface area contributed by atoms with Crippen molar-refractivity contribution in [2.24, 2.45) is 0 Å². The highest BCUT2D eigenvalue weighted by Crippen LogP contribution is 2.33. The van der Waals surface area contributed by atoms with E-state index in [1.165, 1.54) is 0 Å². The van der Waals surface area contributed by atoms with E-state index in [4.69, 9.17) is 18.9 Å². The van der Waals surface area contributed by atoms with Crippen molar-refractivity contribution in [3.05, 3.63) is 0 Å². The summed E-state index contributed by atoms with van der Waals surface area (Å²) in [5, 5.41) is 10.4. The van der Waals surface area contributed by atoms with Crippen molar-refractivity contribution in [1.82, 2.24) is 4.90 Å².